The minimum atomic E-state index is -1.57. The summed E-state index contributed by atoms with van der Waals surface area (Å²) in [7, 11) is -1.57. The lowest BCUT2D eigenvalue weighted by atomic mass is 10.0. The van der Waals surface area contributed by atoms with Crippen LogP contribution in [0.3, 0.4) is 0 Å². The fourth-order valence-corrected chi connectivity index (χ4v) is 3.61. The molecular formula is C23H35FN2O2Si. The van der Waals surface area contributed by atoms with E-state index in [9.17, 15) is 4.79 Å². The summed E-state index contributed by atoms with van der Waals surface area (Å²) in [6.07, 6.45) is 1.79. The third-order valence-electron chi connectivity index (χ3n) is 4.60. The monoisotopic (exact) mass is 418 g/mol. The smallest absolute Gasteiger partial charge is 0.407 e. The lowest BCUT2D eigenvalue weighted by molar-refractivity contribution is 0.0517. The van der Waals surface area contributed by atoms with Gasteiger partial charge in [0, 0.05) is 30.7 Å². The first-order valence-electron chi connectivity index (χ1n) is 10.4. The Hall–Kier alpha value is -1.84. The van der Waals surface area contributed by atoms with Crippen LogP contribution in [0.4, 0.5) is 9.18 Å². The Morgan fingerprint density at radius 3 is 2.55 bits per heavy atom. The van der Waals surface area contributed by atoms with Crippen LogP contribution in [0, 0.1) is 17.3 Å². The number of nitrogens with one attached hydrogen (secondary N) is 1. The lowest BCUT2D eigenvalue weighted by Gasteiger charge is -2.30. The first-order chi connectivity index (χ1) is 13.4. The minimum Gasteiger partial charge on any atom is -0.444 e. The van der Waals surface area contributed by atoms with Gasteiger partial charge in [0.05, 0.1) is 5.56 Å². The molecule has 0 aromatic heterocycles. The molecule has 1 aromatic rings. The van der Waals surface area contributed by atoms with Crippen LogP contribution in [0.5, 0.6) is 0 Å². The Balaban J connectivity index is 2.08. The van der Waals surface area contributed by atoms with Gasteiger partial charge in [-0.1, -0.05) is 37.7 Å². The van der Waals surface area contributed by atoms with E-state index in [4.69, 9.17) is 4.74 Å². The van der Waals surface area contributed by atoms with E-state index in [-0.39, 0.29) is 11.9 Å². The van der Waals surface area contributed by atoms with E-state index < -0.39 is 19.8 Å². The fourth-order valence-electron chi connectivity index (χ4n) is 3.10. The SMILES string of the molecule is CC(c1cccc(C#C[Si](C)(C)C)c1F)N(CCNC(=O)OC(C)(C)C)C1CC1. The molecule has 1 aromatic carbocycles. The van der Waals surface area contributed by atoms with Crippen LogP contribution in [0.15, 0.2) is 18.2 Å². The lowest BCUT2D eigenvalue weighted by Crippen LogP contribution is -2.39. The number of nitrogens with zero attached hydrogens (tertiary/aromatic N) is 1. The zero-order valence-electron chi connectivity index (χ0n) is 18.9. The van der Waals surface area contributed by atoms with Crippen molar-refractivity contribution in [1.82, 2.24) is 10.2 Å². The highest BCUT2D eigenvalue weighted by atomic mass is 28.3. The summed E-state index contributed by atoms with van der Waals surface area (Å²) in [5.74, 6) is 2.83. The number of ether oxygens (including phenoxy) is 1. The molecule has 1 fully saturated rings. The van der Waals surface area contributed by atoms with Crippen LogP contribution in [-0.2, 0) is 4.74 Å². The summed E-state index contributed by atoms with van der Waals surface area (Å²) in [4.78, 5) is 14.2. The molecule has 0 radical (unpaired) electrons. The van der Waals surface area contributed by atoms with E-state index in [2.05, 4.69) is 41.3 Å². The second-order valence-electron chi connectivity index (χ2n) is 9.78. The normalized spacial score (nSPS) is 15.5. The molecule has 1 unspecified atom stereocenters. The molecule has 1 saturated carbocycles. The predicted octanol–water partition coefficient (Wildman–Crippen LogP) is 5.10. The van der Waals surface area contributed by atoms with Gasteiger partial charge in [-0.25, -0.2) is 9.18 Å². The Bertz CT molecular complexity index is 783. The van der Waals surface area contributed by atoms with Crippen molar-refractivity contribution in [3.8, 4) is 11.5 Å². The maximum atomic E-state index is 15.2. The molecule has 1 amide bonds. The summed E-state index contributed by atoms with van der Waals surface area (Å²) in [5.41, 5.74) is 3.86. The minimum absolute atomic E-state index is 0.0865. The van der Waals surface area contributed by atoms with Gasteiger partial charge in [0.25, 0.3) is 0 Å². The van der Waals surface area contributed by atoms with Gasteiger partial charge in [-0.2, -0.15) is 0 Å². The van der Waals surface area contributed by atoms with Gasteiger partial charge >= 0.3 is 6.09 Å². The molecule has 1 N–H and O–H groups in total. The maximum Gasteiger partial charge on any atom is 0.407 e. The molecule has 29 heavy (non-hydrogen) atoms. The first kappa shape index (κ1) is 23.4. The molecule has 1 aliphatic carbocycles. The topological polar surface area (TPSA) is 41.6 Å². The number of amides is 1. The molecule has 0 spiro atoms. The molecule has 0 heterocycles. The van der Waals surface area contributed by atoms with E-state index in [1.807, 2.05) is 39.8 Å². The Kier molecular flexibility index (Phi) is 7.53. The van der Waals surface area contributed by atoms with Crippen molar-refractivity contribution >= 4 is 14.2 Å². The Labute approximate surface area is 176 Å². The van der Waals surface area contributed by atoms with Crippen LogP contribution in [0.25, 0.3) is 0 Å². The predicted molar refractivity (Wildman–Crippen MR) is 119 cm³/mol. The number of hydrogen-bond donors (Lipinski definition) is 1. The molecule has 0 saturated heterocycles. The molecule has 2 rings (SSSR count). The van der Waals surface area contributed by atoms with Crippen LogP contribution in [0.2, 0.25) is 19.6 Å². The first-order valence-corrected chi connectivity index (χ1v) is 13.9. The number of carbonyl (C=O) groups excluding carboxylic acids is 1. The van der Waals surface area contributed by atoms with Gasteiger partial charge in [0.1, 0.15) is 19.5 Å². The van der Waals surface area contributed by atoms with E-state index in [0.29, 0.717) is 30.3 Å². The highest BCUT2D eigenvalue weighted by Gasteiger charge is 2.33. The second kappa shape index (κ2) is 9.31. The number of hydrogen-bond acceptors (Lipinski definition) is 3. The number of benzene rings is 1. The zero-order chi connectivity index (χ0) is 21.8. The summed E-state index contributed by atoms with van der Waals surface area (Å²) in [6.45, 7) is 15.1. The third kappa shape index (κ3) is 7.83. The molecule has 1 atom stereocenters. The van der Waals surface area contributed by atoms with Crippen molar-refractivity contribution in [3.63, 3.8) is 0 Å². The molecule has 0 bridgehead atoms. The van der Waals surface area contributed by atoms with Crippen molar-refractivity contribution in [2.24, 2.45) is 0 Å². The van der Waals surface area contributed by atoms with Gasteiger partial charge in [-0.15, -0.1) is 5.54 Å². The maximum absolute atomic E-state index is 15.2. The highest BCUT2D eigenvalue weighted by Crippen LogP contribution is 2.35. The van der Waals surface area contributed by atoms with E-state index in [0.717, 1.165) is 12.8 Å². The van der Waals surface area contributed by atoms with Gasteiger partial charge < -0.3 is 10.1 Å². The Morgan fingerprint density at radius 1 is 1.34 bits per heavy atom. The molecule has 6 heteroatoms. The summed E-state index contributed by atoms with van der Waals surface area (Å²) in [6, 6.07) is 5.83. The van der Waals surface area contributed by atoms with Crippen LogP contribution < -0.4 is 5.32 Å². The number of rotatable bonds is 6. The van der Waals surface area contributed by atoms with E-state index in [1.54, 1.807) is 6.07 Å². The summed E-state index contributed by atoms with van der Waals surface area (Å²) < 4.78 is 20.5. The summed E-state index contributed by atoms with van der Waals surface area (Å²) in [5, 5.41) is 2.81. The van der Waals surface area contributed by atoms with Crippen molar-refractivity contribution in [3.05, 3.63) is 35.1 Å². The molecular weight excluding hydrogens is 383 g/mol. The van der Waals surface area contributed by atoms with Crippen LogP contribution in [-0.4, -0.2) is 43.8 Å². The second-order valence-corrected chi connectivity index (χ2v) is 14.5. The van der Waals surface area contributed by atoms with Crippen LogP contribution in [0.1, 0.15) is 57.7 Å². The Morgan fingerprint density at radius 2 is 2.00 bits per heavy atom. The van der Waals surface area contributed by atoms with Crippen molar-refractivity contribution in [1.29, 1.82) is 0 Å². The van der Waals surface area contributed by atoms with E-state index >= 15 is 4.39 Å². The zero-order valence-corrected chi connectivity index (χ0v) is 19.9. The molecule has 0 aliphatic heterocycles. The fraction of sp³-hybridized carbons (Fsp3) is 0.609. The quantitative estimate of drug-likeness (QED) is 0.516. The third-order valence-corrected chi connectivity index (χ3v) is 5.48. The van der Waals surface area contributed by atoms with Crippen molar-refractivity contribution in [2.45, 2.75) is 77.9 Å². The van der Waals surface area contributed by atoms with Crippen molar-refractivity contribution in [2.75, 3.05) is 13.1 Å². The van der Waals surface area contributed by atoms with Gasteiger partial charge in [-0.05, 0) is 46.6 Å². The largest absolute Gasteiger partial charge is 0.444 e. The molecule has 160 valence electrons. The number of halogens is 1. The van der Waals surface area contributed by atoms with Crippen molar-refractivity contribution < 1.29 is 13.9 Å². The van der Waals surface area contributed by atoms with Gasteiger partial charge in [0.15, 0.2) is 0 Å². The summed E-state index contributed by atoms with van der Waals surface area (Å²) >= 11 is 0. The van der Waals surface area contributed by atoms with Crippen LogP contribution >= 0.6 is 0 Å². The van der Waals surface area contributed by atoms with E-state index in [1.165, 1.54) is 0 Å². The number of alkyl carbamates (subject to hydrolysis) is 1. The molecule has 1 aliphatic rings. The average Bonchev–Trinajstić information content (AvgIpc) is 3.40. The molecule has 4 nitrogen and oxygen atoms in total. The highest BCUT2D eigenvalue weighted by molar-refractivity contribution is 6.83. The van der Waals surface area contributed by atoms with Gasteiger partial charge in [-0.3, -0.25) is 4.90 Å². The average molecular weight is 419 g/mol. The number of carbonyl (C=O) groups is 1. The van der Waals surface area contributed by atoms with Gasteiger partial charge in [0.2, 0.25) is 0 Å². The standard InChI is InChI=1S/C23H35FN2O2Si/c1-17(20-10-8-9-18(21(20)24)13-16-29(5,6)7)26(19-11-12-19)15-14-25-22(27)28-23(2,3)4/h8-10,17,19H,11-12,14-15H2,1-7H3,(H,25,27).